The van der Waals surface area contributed by atoms with Gasteiger partial charge >= 0.3 is 0 Å². The van der Waals surface area contributed by atoms with Crippen LogP contribution in [0.25, 0.3) is 0 Å². The molecule has 2 fully saturated rings. The topological polar surface area (TPSA) is 70.2 Å². The Labute approximate surface area is 186 Å². The van der Waals surface area contributed by atoms with E-state index < -0.39 is 6.04 Å². The Morgan fingerprint density at radius 3 is 2.40 bits per heavy atom. The second-order valence-electron chi connectivity index (χ2n) is 9.04. The Kier molecular flexibility index (Phi) is 7.31. The molecule has 2 aliphatic heterocycles. The number of carbonyl (C=O) groups is 3. The van der Waals surface area contributed by atoms with Crippen LogP contribution in [0, 0.1) is 5.41 Å². The zero-order valence-electron chi connectivity index (χ0n) is 17.9. The molecule has 2 aliphatic rings. The number of benzene rings is 1. The molecule has 0 N–H and O–H groups in total. The summed E-state index contributed by atoms with van der Waals surface area (Å²) in [6.45, 7) is 10.1. The Bertz CT molecular complexity index is 785. The minimum atomic E-state index is -0.753. The van der Waals surface area contributed by atoms with Gasteiger partial charge in [0.1, 0.15) is 6.04 Å². The van der Waals surface area contributed by atoms with E-state index in [4.69, 9.17) is 4.74 Å². The molecule has 0 radical (unpaired) electrons. The van der Waals surface area contributed by atoms with Gasteiger partial charge in [0.15, 0.2) is 0 Å². The lowest BCUT2D eigenvalue weighted by molar-refractivity contribution is -0.140. The maximum Gasteiger partial charge on any atom is 0.257 e. The van der Waals surface area contributed by atoms with Crippen molar-refractivity contribution in [2.24, 2.45) is 5.41 Å². The van der Waals surface area contributed by atoms with Crippen molar-refractivity contribution < 1.29 is 19.1 Å². The summed E-state index contributed by atoms with van der Waals surface area (Å²) in [5.41, 5.74) is 0.331. The van der Waals surface area contributed by atoms with Gasteiger partial charge in [0.05, 0.1) is 25.3 Å². The molecule has 164 valence electrons. The fourth-order valence-corrected chi connectivity index (χ4v) is 4.07. The minimum absolute atomic E-state index is 0.0217. The molecule has 2 heterocycles. The highest BCUT2D eigenvalue weighted by Gasteiger charge is 2.44. The number of amides is 3. The van der Waals surface area contributed by atoms with Gasteiger partial charge in [-0.2, -0.15) is 0 Å². The number of nitrogens with zero attached hydrogens (tertiary/aromatic N) is 3. The summed E-state index contributed by atoms with van der Waals surface area (Å²) < 4.78 is 6.26. The van der Waals surface area contributed by atoms with Gasteiger partial charge < -0.3 is 9.64 Å². The summed E-state index contributed by atoms with van der Waals surface area (Å²) in [5.74, 6) is -0.682. The number of ether oxygens (including phenoxy) is 1. The highest BCUT2D eigenvalue weighted by molar-refractivity contribution is 9.10. The lowest BCUT2D eigenvalue weighted by Gasteiger charge is -2.33. The van der Waals surface area contributed by atoms with Crippen molar-refractivity contribution in [1.29, 1.82) is 0 Å². The normalized spacial score (nSPS) is 20.7. The maximum atomic E-state index is 13.2. The molecule has 2 saturated heterocycles. The molecular weight excluding hydrogens is 450 g/mol. The van der Waals surface area contributed by atoms with E-state index in [0.717, 1.165) is 17.6 Å². The number of carbonyl (C=O) groups excluding carboxylic acids is 3. The zero-order valence-corrected chi connectivity index (χ0v) is 19.5. The second-order valence-corrected chi connectivity index (χ2v) is 9.96. The van der Waals surface area contributed by atoms with Gasteiger partial charge in [-0.25, -0.2) is 4.90 Å². The number of anilines is 1. The van der Waals surface area contributed by atoms with Crippen molar-refractivity contribution in [2.45, 2.75) is 39.7 Å². The van der Waals surface area contributed by atoms with Gasteiger partial charge in [0.2, 0.25) is 11.8 Å². The van der Waals surface area contributed by atoms with E-state index in [1.165, 1.54) is 4.90 Å². The van der Waals surface area contributed by atoms with Crippen molar-refractivity contribution in [1.82, 2.24) is 9.80 Å². The van der Waals surface area contributed by atoms with Gasteiger partial charge in [-0.1, -0.05) is 36.7 Å². The summed E-state index contributed by atoms with van der Waals surface area (Å²) in [4.78, 5) is 44.2. The van der Waals surface area contributed by atoms with Crippen LogP contribution in [-0.4, -0.2) is 73.0 Å². The quantitative estimate of drug-likeness (QED) is 0.586. The standard InChI is InChI=1S/C22H30BrN3O4/c1-22(2,3)15-20(28)25(9-8-24-10-12-30-13-11-24)18-14-19(27)26(21(18)29)17-6-4-16(23)5-7-17/h4-7,18H,8-15H2,1-3H3. The molecule has 0 bridgehead atoms. The molecule has 1 atom stereocenters. The first-order chi connectivity index (χ1) is 14.2. The van der Waals surface area contributed by atoms with Gasteiger partial charge in [-0.05, 0) is 29.7 Å². The summed E-state index contributed by atoms with van der Waals surface area (Å²) in [6.07, 6.45) is 0.347. The summed E-state index contributed by atoms with van der Waals surface area (Å²) in [5, 5.41) is 0. The highest BCUT2D eigenvalue weighted by atomic mass is 79.9. The van der Waals surface area contributed by atoms with E-state index in [-0.39, 0.29) is 29.6 Å². The molecule has 3 rings (SSSR count). The monoisotopic (exact) mass is 479 g/mol. The Balaban J connectivity index is 1.78. The predicted octanol–water partition coefficient (Wildman–Crippen LogP) is 2.68. The molecule has 0 aromatic heterocycles. The van der Waals surface area contributed by atoms with E-state index in [1.54, 1.807) is 29.2 Å². The molecule has 1 aromatic carbocycles. The Morgan fingerprint density at radius 2 is 1.80 bits per heavy atom. The van der Waals surface area contributed by atoms with Crippen molar-refractivity contribution >= 4 is 39.3 Å². The van der Waals surface area contributed by atoms with Crippen LogP contribution in [0.4, 0.5) is 5.69 Å². The maximum absolute atomic E-state index is 13.2. The lowest BCUT2D eigenvalue weighted by Crippen LogP contribution is -2.50. The minimum Gasteiger partial charge on any atom is -0.379 e. The zero-order chi connectivity index (χ0) is 21.9. The third-order valence-corrected chi connectivity index (χ3v) is 5.88. The van der Waals surface area contributed by atoms with Crippen molar-refractivity contribution in [3.63, 3.8) is 0 Å². The van der Waals surface area contributed by atoms with E-state index in [0.29, 0.717) is 38.4 Å². The molecule has 1 aromatic rings. The van der Waals surface area contributed by atoms with Crippen molar-refractivity contribution in [3.05, 3.63) is 28.7 Å². The van der Waals surface area contributed by atoms with Crippen LogP contribution in [0.3, 0.4) is 0 Å². The molecule has 7 nitrogen and oxygen atoms in total. The average molecular weight is 480 g/mol. The highest BCUT2D eigenvalue weighted by Crippen LogP contribution is 2.29. The van der Waals surface area contributed by atoms with Gasteiger partial charge in [0, 0.05) is 37.1 Å². The fourth-order valence-electron chi connectivity index (χ4n) is 3.80. The average Bonchev–Trinajstić information content (AvgIpc) is 2.96. The number of rotatable bonds is 6. The van der Waals surface area contributed by atoms with E-state index in [9.17, 15) is 14.4 Å². The molecular formula is C22H30BrN3O4. The van der Waals surface area contributed by atoms with Crippen LogP contribution in [0.15, 0.2) is 28.7 Å². The summed E-state index contributed by atoms with van der Waals surface area (Å²) >= 11 is 3.37. The number of morpholine rings is 1. The first kappa shape index (κ1) is 22.9. The molecule has 0 aliphatic carbocycles. The number of imide groups is 1. The summed E-state index contributed by atoms with van der Waals surface area (Å²) in [7, 11) is 0. The van der Waals surface area contributed by atoms with Crippen LogP contribution in [0.1, 0.15) is 33.6 Å². The largest absolute Gasteiger partial charge is 0.379 e. The molecule has 8 heteroatoms. The van der Waals surface area contributed by atoms with E-state index in [1.807, 2.05) is 20.8 Å². The number of hydrogen-bond donors (Lipinski definition) is 0. The first-order valence-electron chi connectivity index (χ1n) is 10.4. The van der Waals surface area contributed by atoms with Crippen LogP contribution < -0.4 is 4.90 Å². The van der Waals surface area contributed by atoms with E-state index >= 15 is 0 Å². The second kappa shape index (κ2) is 9.58. The Hall–Kier alpha value is -1.77. The molecule has 30 heavy (non-hydrogen) atoms. The van der Waals surface area contributed by atoms with Crippen molar-refractivity contribution in [3.8, 4) is 0 Å². The van der Waals surface area contributed by atoms with Gasteiger partial charge in [0.25, 0.3) is 5.91 Å². The lowest BCUT2D eigenvalue weighted by atomic mass is 9.91. The molecule has 3 amide bonds. The number of halogens is 1. The predicted molar refractivity (Wildman–Crippen MR) is 118 cm³/mol. The number of hydrogen-bond acceptors (Lipinski definition) is 5. The third kappa shape index (κ3) is 5.68. The van der Waals surface area contributed by atoms with Gasteiger partial charge in [-0.15, -0.1) is 0 Å². The van der Waals surface area contributed by atoms with Gasteiger partial charge in [-0.3, -0.25) is 19.3 Å². The van der Waals surface area contributed by atoms with Crippen molar-refractivity contribution in [2.75, 3.05) is 44.3 Å². The summed E-state index contributed by atoms with van der Waals surface area (Å²) in [6, 6.07) is 6.31. The Morgan fingerprint density at radius 1 is 1.17 bits per heavy atom. The molecule has 0 spiro atoms. The van der Waals surface area contributed by atoms with Crippen LogP contribution >= 0.6 is 15.9 Å². The van der Waals surface area contributed by atoms with Crippen LogP contribution in [0.2, 0.25) is 0 Å². The third-order valence-electron chi connectivity index (χ3n) is 5.35. The fraction of sp³-hybridized carbons (Fsp3) is 0.591. The van der Waals surface area contributed by atoms with Crippen LogP contribution in [-0.2, 0) is 19.1 Å². The van der Waals surface area contributed by atoms with E-state index in [2.05, 4.69) is 20.8 Å². The smallest absolute Gasteiger partial charge is 0.257 e. The SMILES string of the molecule is CC(C)(C)CC(=O)N(CCN1CCOCC1)C1CC(=O)N(c2ccc(Br)cc2)C1=O. The van der Waals surface area contributed by atoms with Crippen LogP contribution in [0.5, 0.6) is 0 Å². The first-order valence-corrected chi connectivity index (χ1v) is 11.2. The molecule has 1 unspecified atom stereocenters. The molecule has 0 saturated carbocycles.